The van der Waals surface area contributed by atoms with Crippen LogP contribution in [0.3, 0.4) is 0 Å². The van der Waals surface area contributed by atoms with Crippen molar-refractivity contribution in [2.24, 2.45) is 0 Å². The van der Waals surface area contributed by atoms with Crippen molar-refractivity contribution in [3.8, 4) is 0 Å². The number of carbonyl (C=O) groups is 1. The molecular formula is C4H5ClN2O. The van der Waals surface area contributed by atoms with Gasteiger partial charge in [-0.2, -0.15) is 0 Å². The van der Waals surface area contributed by atoms with E-state index in [1.165, 1.54) is 10.6 Å². The van der Waals surface area contributed by atoms with Crippen molar-refractivity contribution in [1.29, 1.82) is 0 Å². The molecule has 4 heteroatoms. The maximum atomic E-state index is 9.94. The molecule has 0 saturated heterocycles. The average molecular weight is 133 g/mol. The zero-order valence-electron chi connectivity index (χ0n) is 4.10. The summed E-state index contributed by atoms with van der Waals surface area (Å²) in [5, 5.41) is 2.74. The minimum absolute atomic E-state index is 0.510. The molecule has 44 valence electrons. The standard InChI is InChI=1S/C4H5ClN2O/c5-7-1-4(2-8)6-3-7/h1-2,6H,3H2. The lowest BCUT2D eigenvalue weighted by Gasteiger charge is -1.97. The first-order chi connectivity index (χ1) is 3.83. The Morgan fingerprint density at radius 3 is 3.00 bits per heavy atom. The molecule has 1 aliphatic rings. The Bertz CT molecular complexity index is 134. The Balaban J connectivity index is 2.56. The lowest BCUT2D eigenvalue weighted by molar-refractivity contribution is -0.105. The van der Waals surface area contributed by atoms with Gasteiger partial charge in [-0.1, -0.05) is 0 Å². The molecule has 0 bridgehead atoms. The lowest BCUT2D eigenvalue weighted by Crippen LogP contribution is -2.13. The van der Waals surface area contributed by atoms with Crippen LogP contribution in [-0.4, -0.2) is 17.4 Å². The first-order valence-electron chi connectivity index (χ1n) is 2.16. The molecule has 0 amide bonds. The van der Waals surface area contributed by atoms with Gasteiger partial charge in [0.15, 0.2) is 6.29 Å². The molecule has 0 spiro atoms. The van der Waals surface area contributed by atoms with Crippen LogP contribution in [0.5, 0.6) is 0 Å². The van der Waals surface area contributed by atoms with Crippen LogP contribution in [-0.2, 0) is 4.79 Å². The fourth-order valence-electron chi connectivity index (χ4n) is 0.481. The van der Waals surface area contributed by atoms with Crippen LogP contribution >= 0.6 is 11.8 Å². The highest BCUT2D eigenvalue weighted by atomic mass is 35.5. The molecule has 1 N–H and O–H groups in total. The fraction of sp³-hybridized carbons (Fsp3) is 0.250. The van der Waals surface area contributed by atoms with Crippen molar-refractivity contribution < 1.29 is 4.79 Å². The fourth-order valence-corrected chi connectivity index (χ4v) is 0.646. The van der Waals surface area contributed by atoms with Crippen molar-refractivity contribution in [2.75, 3.05) is 6.67 Å². The molecule has 0 radical (unpaired) electrons. The van der Waals surface area contributed by atoms with Gasteiger partial charge in [0.1, 0.15) is 6.67 Å². The maximum Gasteiger partial charge on any atom is 0.167 e. The van der Waals surface area contributed by atoms with Gasteiger partial charge in [-0.05, 0) is 0 Å². The monoisotopic (exact) mass is 132 g/mol. The SMILES string of the molecule is O=CC1=CN(Cl)CN1. The van der Waals surface area contributed by atoms with Crippen LogP contribution in [0.1, 0.15) is 0 Å². The van der Waals surface area contributed by atoms with E-state index >= 15 is 0 Å². The van der Waals surface area contributed by atoms with E-state index in [0.29, 0.717) is 12.4 Å². The van der Waals surface area contributed by atoms with Gasteiger partial charge >= 0.3 is 0 Å². The summed E-state index contributed by atoms with van der Waals surface area (Å²) in [6.07, 6.45) is 2.26. The number of carbonyl (C=O) groups excluding carboxylic acids is 1. The summed E-state index contributed by atoms with van der Waals surface area (Å²) in [6.45, 7) is 0.510. The molecule has 8 heavy (non-hydrogen) atoms. The maximum absolute atomic E-state index is 9.94. The molecule has 1 aliphatic heterocycles. The van der Waals surface area contributed by atoms with Crippen LogP contribution in [0, 0.1) is 0 Å². The molecule has 0 atom stereocenters. The first kappa shape index (κ1) is 5.44. The number of nitrogens with zero attached hydrogens (tertiary/aromatic N) is 1. The van der Waals surface area contributed by atoms with E-state index in [1.807, 2.05) is 0 Å². The Morgan fingerprint density at radius 1 is 2.00 bits per heavy atom. The Kier molecular flexibility index (Phi) is 1.39. The van der Waals surface area contributed by atoms with E-state index < -0.39 is 0 Å². The minimum Gasteiger partial charge on any atom is -0.363 e. The van der Waals surface area contributed by atoms with Gasteiger partial charge in [-0.3, -0.25) is 9.21 Å². The third-order valence-electron chi connectivity index (χ3n) is 0.840. The first-order valence-corrected chi connectivity index (χ1v) is 2.50. The second-order valence-corrected chi connectivity index (χ2v) is 1.87. The third kappa shape index (κ3) is 0.924. The quantitative estimate of drug-likeness (QED) is 0.404. The van der Waals surface area contributed by atoms with E-state index in [9.17, 15) is 4.79 Å². The van der Waals surface area contributed by atoms with Gasteiger partial charge in [0.25, 0.3) is 0 Å². The molecule has 0 aromatic carbocycles. The molecule has 0 saturated carbocycles. The second-order valence-electron chi connectivity index (χ2n) is 1.44. The number of nitrogens with one attached hydrogen (secondary N) is 1. The molecule has 0 unspecified atom stereocenters. The van der Waals surface area contributed by atoms with E-state index in [2.05, 4.69) is 5.32 Å². The van der Waals surface area contributed by atoms with Crippen LogP contribution in [0.15, 0.2) is 11.9 Å². The van der Waals surface area contributed by atoms with Crippen molar-refractivity contribution in [3.63, 3.8) is 0 Å². The highest BCUT2D eigenvalue weighted by Gasteiger charge is 2.05. The number of hydrogen-bond acceptors (Lipinski definition) is 3. The molecule has 3 nitrogen and oxygen atoms in total. The lowest BCUT2D eigenvalue weighted by atomic mass is 10.5. The number of rotatable bonds is 1. The van der Waals surface area contributed by atoms with Gasteiger partial charge in [0.2, 0.25) is 0 Å². The summed E-state index contributed by atoms with van der Waals surface area (Å²) < 4.78 is 1.38. The number of halogens is 1. The molecule has 0 aliphatic carbocycles. The summed E-state index contributed by atoms with van der Waals surface area (Å²) in [7, 11) is 0. The molecule has 1 rings (SSSR count). The Morgan fingerprint density at radius 2 is 2.75 bits per heavy atom. The zero-order chi connectivity index (χ0) is 5.98. The smallest absolute Gasteiger partial charge is 0.167 e. The zero-order valence-corrected chi connectivity index (χ0v) is 4.85. The van der Waals surface area contributed by atoms with Gasteiger partial charge in [0.05, 0.1) is 5.70 Å². The summed E-state index contributed by atoms with van der Waals surface area (Å²) in [5.74, 6) is 0. The number of aldehydes is 1. The molecular weight excluding hydrogens is 128 g/mol. The molecule has 0 fully saturated rings. The Labute approximate surface area is 52.0 Å². The predicted molar refractivity (Wildman–Crippen MR) is 29.8 cm³/mol. The largest absolute Gasteiger partial charge is 0.363 e. The van der Waals surface area contributed by atoms with E-state index in [4.69, 9.17) is 11.8 Å². The van der Waals surface area contributed by atoms with Crippen LogP contribution in [0.2, 0.25) is 0 Å². The molecule has 1 heterocycles. The van der Waals surface area contributed by atoms with Crippen LogP contribution < -0.4 is 5.32 Å². The predicted octanol–water partition coefficient (Wildman–Crippen LogP) is 0.0432. The van der Waals surface area contributed by atoms with Crippen LogP contribution in [0.25, 0.3) is 0 Å². The normalized spacial score (nSPS) is 17.6. The van der Waals surface area contributed by atoms with E-state index in [0.717, 1.165) is 6.29 Å². The average Bonchev–Trinajstić information content (AvgIpc) is 2.14. The third-order valence-corrected chi connectivity index (χ3v) is 1.06. The van der Waals surface area contributed by atoms with E-state index in [1.54, 1.807) is 0 Å². The summed E-state index contributed by atoms with van der Waals surface area (Å²) in [5.41, 5.74) is 0.528. The van der Waals surface area contributed by atoms with Crippen molar-refractivity contribution in [1.82, 2.24) is 9.74 Å². The topological polar surface area (TPSA) is 32.3 Å². The van der Waals surface area contributed by atoms with Crippen molar-refractivity contribution >= 4 is 18.1 Å². The highest BCUT2D eigenvalue weighted by Crippen LogP contribution is 2.02. The summed E-state index contributed by atoms with van der Waals surface area (Å²) in [6, 6.07) is 0. The second kappa shape index (κ2) is 2.05. The van der Waals surface area contributed by atoms with Gasteiger partial charge in [0, 0.05) is 18.0 Å². The van der Waals surface area contributed by atoms with Gasteiger partial charge in [-0.15, -0.1) is 0 Å². The number of hydrogen-bond donors (Lipinski definition) is 1. The van der Waals surface area contributed by atoms with Crippen molar-refractivity contribution in [3.05, 3.63) is 11.9 Å². The molecule has 0 aromatic heterocycles. The van der Waals surface area contributed by atoms with E-state index in [-0.39, 0.29) is 0 Å². The summed E-state index contributed by atoms with van der Waals surface area (Å²) in [4.78, 5) is 9.94. The van der Waals surface area contributed by atoms with Crippen molar-refractivity contribution in [2.45, 2.75) is 0 Å². The highest BCUT2D eigenvalue weighted by molar-refractivity contribution is 6.14. The molecule has 0 aromatic rings. The van der Waals surface area contributed by atoms with Crippen LogP contribution in [0.4, 0.5) is 0 Å². The van der Waals surface area contributed by atoms with Gasteiger partial charge in [-0.25, -0.2) is 0 Å². The van der Waals surface area contributed by atoms with Gasteiger partial charge < -0.3 is 5.32 Å². The Hall–Kier alpha value is -0.700. The number of allylic oxidation sites excluding steroid dienone is 1. The minimum atomic E-state index is 0.510. The summed E-state index contributed by atoms with van der Waals surface area (Å²) >= 11 is 5.42.